The van der Waals surface area contributed by atoms with Gasteiger partial charge in [0.25, 0.3) is 10.1 Å². The molecule has 1 heterocycles. The Morgan fingerprint density at radius 2 is 1.59 bits per heavy atom. The van der Waals surface area contributed by atoms with Crippen molar-refractivity contribution in [2.75, 3.05) is 31.2 Å². The first-order valence-electron chi connectivity index (χ1n) is 5.95. The molecular weight excluding hydrogens is 338 g/mol. The maximum absolute atomic E-state index is 11.5. The second-order valence-corrected chi connectivity index (χ2v) is 7.22. The number of diazo groups is 1. The molecular formula is C10H12N3O7S2+. The number of hydrogen-bond acceptors (Lipinski definition) is 7. The summed E-state index contributed by atoms with van der Waals surface area (Å²) in [5, 5.41) is 8.81. The maximum atomic E-state index is 11.5. The minimum Gasteiger partial charge on any atom is -0.378 e. The van der Waals surface area contributed by atoms with E-state index in [9.17, 15) is 21.4 Å². The van der Waals surface area contributed by atoms with E-state index in [-0.39, 0.29) is 32.0 Å². The van der Waals surface area contributed by atoms with E-state index in [1.165, 1.54) is 4.90 Å². The Hall–Kier alpha value is -1.78. The molecule has 0 radical (unpaired) electrons. The molecule has 0 aliphatic carbocycles. The largest absolute Gasteiger partial charge is 0.407 e. The minimum atomic E-state index is -4.76. The molecule has 1 fully saturated rings. The van der Waals surface area contributed by atoms with Gasteiger partial charge in [0, 0.05) is 13.1 Å². The Labute approximate surface area is 126 Å². The minimum absolute atomic E-state index is 0.133. The van der Waals surface area contributed by atoms with Crippen LogP contribution in [0.4, 0.5) is 11.4 Å². The highest BCUT2D eigenvalue weighted by molar-refractivity contribution is 7.86. The molecule has 1 aliphatic rings. The second-order valence-electron chi connectivity index (χ2n) is 4.44. The van der Waals surface area contributed by atoms with E-state index < -0.39 is 35.7 Å². The zero-order valence-corrected chi connectivity index (χ0v) is 12.7. The third-order valence-electron chi connectivity index (χ3n) is 3.06. The van der Waals surface area contributed by atoms with Crippen molar-refractivity contribution < 1.29 is 30.7 Å². The second kappa shape index (κ2) is 5.78. The Balaban J connectivity index is 2.76. The van der Waals surface area contributed by atoms with E-state index in [4.69, 9.17) is 14.7 Å². The highest BCUT2D eigenvalue weighted by Crippen LogP contribution is 2.35. The number of morpholine rings is 1. The first-order chi connectivity index (χ1) is 10.1. The monoisotopic (exact) mass is 350 g/mol. The number of anilines is 1. The van der Waals surface area contributed by atoms with Gasteiger partial charge in [-0.05, 0) is 6.07 Å². The first kappa shape index (κ1) is 16.6. The Morgan fingerprint density at radius 1 is 1.05 bits per heavy atom. The van der Waals surface area contributed by atoms with E-state index >= 15 is 0 Å². The van der Waals surface area contributed by atoms with Gasteiger partial charge in [-0.1, -0.05) is 0 Å². The maximum Gasteiger partial charge on any atom is 0.407 e. The molecule has 1 aromatic rings. The molecule has 120 valence electrons. The summed E-state index contributed by atoms with van der Waals surface area (Å²) in [5.41, 5.74) is -0.835. The molecule has 0 saturated carbocycles. The molecule has 22 heavy (non-hydrogen) atoms. The fourth-order valence-corrected chi connectivity index (χ4v) is 3.42. The molecule has 0 bridgehead atoms. The van der Waals surface area contributed by atoms with Gasteiger partial charge in [-0.15, -0.1) is 0 Å². The van der Waals surface area contributed by atoms with Crippen LogP contribution in [0.25, 0.3) is 4.98 Å². The molecule has 0 aromatic heterocycles. The van der Waals surface area contributed by atoms with Gasteiger partial charge in [0.05, 0.1) is 25.0 Å². The molecule has 0 unspecified atom stereocenters. The fourth-order valence-electron chi connectivity index (χ4n) is 2.08. The molecule has 0 amide bonds. The van der Waals surface area contributed by atoms with Gasteiger partial charge in [0.2, 0.25) is 5.39 Å². The third kappa shape index (κ3) is 3.34. The number of benzene rings is 1. The van der Waals surface area contributed by atoms with E-state index in [0.717, 1.165) is 6.07 Å². The van der Waals surface area contributed by atoms with Gasteiger partial charge >= 0.3 is 15.8 Å². The number of hydrogen-bond donors (Lipinski definition) is 2. The quantitative estimate of drug-likeness (QED) is 0.586. The summed E-state index contributed by atoms with van der Waals surface area (Å²) < 4.78 is 69.2. The van der Waals surface area contributed by atoms with Gasteiger partial charge < -0.3 is 9.64 Å². The van der Waals surface area contributed by atoms with Crippen LogP contribution in [0, 0.1) is 5.39 Å². The van der Waals surface area contributed by atoms with Crippen LogP contribution in [0.5, 0.6) is 0 Å². The van der Waals surface area contributed by atoms with Crippen LogP contribution in [0.1, 0.15) is 0 Å². The van der Waals surface area contributed by atoms with Crippen molar-refractivity contribution in [3.8, 4) is 0 Å². The SMILES string of the molecule is N#[N+]c1cc(S(=O)(=O)O)c(N2CCOCC2)cc1S(=O)(=O)O. The summed E-state index contributed by atoms with van der Waals surface area (Å²) in [6.07, 6.45) is 0. The zero-order chi connectivity index (χ0) is 16.5. The lowest BCUT2D eigenvalue weighted by Crippen LogP contribution is -2.37. The van der Waals surface area contributed by atoms with Gasteiger partial charge in [0.15, 0.2) is 9.87 Å². The number of ether oxygens (including phenoxy) is 1. The molecule has 1 aromatic carbocycles. The topological polar surface area (TPSA) is 149 Å². The van der Waals surface area contributed by atoms with Crippen molar-refractivity contribution in [1.82, 2.24) is 0 Å². The molecule has 0 spiro atoms. The van der Waals surface area contributed by atoms with Crippen LogP contribution in [-0.2, 0) is 25.0 Å². The van der Waals surface area contributed by atoms with E-state index in [0.29, 0.717) is 6.07 Å². The predicted molar refractivity (Wildman–Crippen MR) is 73.8 cm³/mol. The highest BCUT2D eigenvalue weighted by atomic mass is 32.2. The average Bonchev–Trinajstić information content (AvgIpc) is 2.45. The predicted octanol–water partition coefficient (Wildman–Crippen LogP) is 0.501. The molecule has 1 saturated heterocycles. The van der Waals surface area contributed by atoms with E-state index in [1.54, 1.807) is 0 Å². The summed E-state index contributed by atoms with van der Waals surface area (Å²) in [7, 11) is -9.46. The van der Waals surface area contributed by atoms with Crippen LogP contribution >= 0.6 is 0 Å². The van der Waals surface area contributed by atoms with Crippen molar-refractivity contribution in [3.63, 3.8) is 0 Å². The molecule has 1 aliphatic heterocycles. The van der Waals surface area contributed by atoms with Crippen molar-refractivity contribution in [2.45, 2.75) is 9.79 Å². The Morgan fingerprint density at radius 3 is 2.05 bits per heavy atom. The van der Waals surface area contributed by atoms with Crippen molar-refractivity contribution in [3.05, 3.63) is 17.1 Å². The summed E-state index contributed by atoms with van der Waals surface area (Å²) in [5.74, 6) is 0. The Bertz CT molecular complexity index is 836. The molecule has 2 N–H and O–H groups in total. The fraction of sp³-hybridized carbons (Fsp3) is 0.400. The standard InChI is InChI=1S/C10H11N3O7S2/c11-12-7-5-10(22(17,18)19)8(6-9(7)21(14,15)16)13-1-3-20-4-2-13/h5-6H,1-4H2,(H-,14,15,16,17,18,19)/p+1. The summed E-state index contributed by atoms with van der Waals surface area (Å²) >= 11 is 0. The van der Waals surface area contributed by atoms with Crippen molar-refractivity contribution in [2.24, 2.45) is 0 Å². The summed E-state index contributed by atoms with van der Waals surface area (Å²) in [4.78, 5) is 2.71. The van der Waals surface area contributed by atoms with Gasteiger partial charge in [0.1, 0.15) is 4.90 Å². The van der Waals surface area contributed by atoms with Crippen LogP contribution in [0.15, 0.2) is 21.9 Å². The first-order valence-corrected chi connectivity index (χ1v) is 8.83. The molecule has 2 rings (SSSR count). The molecule has 0 atom stereocenters. The lowest BCUT2D eigenvalue weighted by molar-refractivity contribution is 0.122. The van der Waals surface area contributed by atoms with Crippen LogP contribution in [-0.4, -0.2) is 52.2 Å². The van der Waals surface area contributed by atoms with Crippen LogP contribution in [0.2, 0.25) is 0 Å². The summed E-state index contributed by atoms with van der Waals surface area (Å²) in [6, 6.07) is 1.50. The Kier molecular flexibility index (Phi) is 4.36. The molecule has 12 heteroatoms. The average molecular weight is 350 g/mol. The van der Waals surface area contributed by atoms with Crippen LogP contribution < -0.4 is 4.90 Å². The van der Waals surface area contributed by atoms with E-state index in [2.05, 4.69) is 4.98 Å². The highest BCUT2D eigenvalue weighted by Gasteiger charge is 2.32. The summed E-state index contributed by atoms with van der Waals surface area (Å²) in [6.45, 7) is 1.06. The normalized spacial score (nSPS) is 16.3. The third-order valence-corrected chi connectivity index (χ3v) is 4.82. The number of nitrogens with zero attached hydrogens (tertiary/aromatic N) is 3. The van der Waals surface area contributed by atoms with Gasteiger partial charge in [-0.25, -0.2) is 0 Å². The van der Waals surface area contributed by atoms with Gasteiger partial charge in [-0.3, -0.25) is 9.11 Å². The van der Waals surface area contributed by atoms with Gasteiger partial charge in [-0.2, -0.15) is 16.8 Å². The van der Waals surface area contributed by atoms with Crippen LogP contribution in [0.3, 0.4) is 0 Å². The van der Waals surface area contributed by atoms with Crippen molar-refractivity contribution in [1.29, 1.82) is 5.39 Å². The molecule has 10 nitrogen and oxygen atoms in total. The number of rotatable bonds is 3. The van der Waals surface area contributed by atoms with Crippen molar-refractivity contribution >= 4 is 31.6 Å². The lowest BCUT2D eigenvalue weighted by atomic mass is 10.2. The lowest BCUT2D eigenvalue weighted by Gasteiger charge is -2.29. The van der Waals surface area contributed by atoms with E-state index in [1.807, 2.05) is 0 Å². The zero-order valence-electron chi connectivity index (χ0n) is 11.1. The smallest absolute Gasteiger partial charge is 0.378 e.